The van der Waals surface area contributed by atoms with Gasteiger partial charge in [-0.25, -0.2) is 8.78 Å². The molecule has 2 aromatic carbocycles. The van der Waals surface area contributed by atoms with Crippen LogP contribution in [0.4, 0.5) is 8.78 Å². The Hall–Kier alpha value is -3.13. The summed E-state index contributed by atoms with van der Waals surface area (Å²) < 4.78 is 31.4. The second-order valence-electron chi connectivity index (χ2n) is 7.44. The van der Waals surface area contributed by atoms with E-state index in [4.69, 9.17) is 4.52 Å². The van der Waals surface area contributed by atoms with Crippen LogP contribution in [-0.4, -0.2) is 34.0 Å². The normalized spacial score (nSPS) is 17.1. The van der Waals surface area contributed by atoms with Gasteiger partial charge in [0.25, 0.3) is 0 Å². The second kappa shape index (κ2) is 9.13. The molecule has 3 aromatic rings. The van der Waals surface area contributed by atoms with Gasteiger partial charge in [0.15, 0.2) is 0 Å². The number of hydrogen-bond donors (Lipinski definition) is 1. The van der Waals surface area contributed by atoms with Crippen LogP contribution in [0.2, 0.25) is 0 Å². The molecule has 156 valence electrons. The molecule has 4 rings (SSSR count). The molecule has 1 aromatic heterocycles. The van der Waals surface area contributed by atoms with E-state index in [1.54, 1.807) is 24.3 Å². The lowest BCUT2D eigenvalue weighted by Gasteiger charge is -2.30. The van der Waals surface area contributed by atoms with Crippen LogP contribution in [0, 0.1) is 17.6 Å². The summed E-state index contributed by atoms with van der Waals surface area (Å²) >= 11 is 0. The maximum Gasteiger partial charge on any atom is 0.241 e. The molecule has 0 aliphatic carbocycles. The van der Waals surface area contributed by atoms with Gasteiger partial charge in [0.05, 0.1) is 12.5 Å². The van der Waals surface area contributed by atoms with E-state index in [0.717, 1.165) is 24.9 Å². The van der Waals surface area contributed by atoms with Crippen LogP contribution in [0.15, 0.2) is 53.1 Å². The van der Waals surface area contributed by atoms with E-state index >= 15 is 0 Å². The number of benzene rings is 2. The molecule has 1 fully saturated rings. The summed E-state index contributed by atoms with van der Waals surface area (Å²) in [5.74, 6) is 0.119. The highest BCUT2D eigenvalue weighted by Crippen LogP contribution is 2.21. The molecule has 1 atom stereocenters. The van der Waals surface area contributed by atoms with Crippen LogP contribution in [0.25, 0.3) is 11.4 Å². The number of nitrogens with zero attached hydrogens (tertiary/aromatic N) is 3. The molecular weight excluding hydrogens is 390 g/mol. The van der Waals surface area contributed by atoms with E-state index in [1.807, 2.05) is 0 Å². The van der Waals surface area contributed by atoms with Crippen molar-refractivity contribution in [3.63, 3.8) is 0 Å². The first-order valence-corrected chi connectivity index (χ1v) is 9.90. The molecule has 6 nitrogen and oxygen atoms in total. The second-order valence-corrected chi connectivity index (χ2v) is 7.44. The molecule has 1 N–H and O–H groups in total. The number of halogens is 2. The van der Waals surface area contributed by atoms with Crippen molar-refractivity contribution in [2.75, 3.05) is 13.1 Å². The molecule has 1 aliphatic heterocycles. The highest BCUT2D eigenvalue weighted by Gasteiger charge is 2.26. The molecule has 1 aliphatic rings. The Morgan fingerprint density at radius 2 is 1.80 bits per heavy atom. The lowest BCUT2D eigenvalue weighted by atomic mass is 9.97. The Bertz CT molecular complexity index is 989. The zero-order chi connectivity index (χ0) is 20.9. The van der Waals surface area contributed by atoms with Gasteiger partial charge < -0.3 is 9.84 Å². The summed E-state index contributed by atoms with van der Waals surface area (Å²) in [6.07, 6.45) is 1.71. The summed E-state index contributed by atoms with van der Waals surface area (Å²) in [7, 11) is 0. The van der Waals surface area contributed by atoms with Gasteiger partial charge in [-0.1, -0.05) is 17.3 Å². The number of aromatic nitrogens is 2. The Labute approximate surface area is 172 Å². The monoisotopic (exact) mass is 412 g/mol. The molecule has 30 heavy (non-hydrogen) atoms. The fourth-order valence-corrected chi connectivity index (χ4v) is 3.58. The smallest absolute Gasteiger partial charge is 0.241 e. The lowest BCUT2D eigenvalue weighted by Crippen LogP contribution is -2.42. The third kappa shape index (κ3) is 5.07. The van der Waals surface area contributed by atoms with Crippen molar-refractivity contribution in [1.82, 2.24) is 20.4 Å². The van der Waals surface area contributed by atoms with Crippen molar-refractivity contribution in [3.8, 4) is 11.4 Å². The molecule has 1 saturated heterocycles. The first-order valence-electron chi connectivity index (χ1n) is 9.90. The Balaban J connectivity index is 1.31. The van der Waals surface area contributed by atoms with Crippen LogP contribution < -0.4 is 5.32 Å². The zero-order valence-electron chi connectivity index (χ0n) is 16.4. The summed E-state index contributed by atoms with van der Waals surface area (Å²) in [5, 5.41) is 6.90. The molecular formula is C22H22F2N4O2. The van der Waals surface area contributed by atoms with E-state index in [0.29, 0.717) is 36.9 Å². The summed E-state index contributed by atoms with van der Waals surface area (Å²) in [4.78, 5) is 19.1. The predicted molar refractivity (Wildman–Crippen MR) is 106 cm³/mol. The Morgan fingerprint density at radius 3 is 2.53 bits per heavy atom. The van der Waals surface area contributed by atoms with Gasteiger partial charge in [-0.05, 0) is 61.3 Å². The SMILES string of the molecule is O=C(NCc1ccc(F)cc1)C1CCCN(Cc2nc(-c3ccc(F)cc3)no2)C1. The van der Waals surface area contributed by atoms with E-state index in [2.05, 4.69) is 20.4 Å². The first kappa shape index (κ1) is 20.2. The van der Waals surface area contributed by atoms with Crippen LogP contribution in [-0.2, 0) is 17.9 Å². The fraction of sp³-hybridized carbons (Fsp3) is 0.318. The minimum absolute atomic E-state index is 0.0124. The van der Waals surface area contributed by atoms with Crippen molar-refractivity contribution >= 4 is 5.91 Å². The van der Waals surface area contributed by atoms with E-state index in [1.165, 1.54) is 24.3 Å². The third-order valence-electron chi connectivity index (χ3n) is 5.19. The lowest BCUT2D eigenvalue weighted by molar-refractivity contribution is -0.127. The molecule has 0 saturated carbocycles. The van der Waals surface area contributed by atoms with E-state index in [-0.39, 0.29) is 23.5 Å². The summed E-state index contributed by atoms with van der Waals surface area (Å²) in [6, 6.07) is 12.0. The number of amides is 1. The number of likely N-dealkylation sites (tertiary alicyclic amines) is 1. The molecule has 2 heterocycles. The number of hydrogen-bond acceptors (Lipinski definition) is 5. The zero-order valence-corrected chi connectivity index (χ0v) is 16.4. The highest BCUT2D eigenvalue weighted by atomic mass is 19.1. The van der Waals surface area contributed by atoms with Gasteiger partial charge in [0.1, 0.15) is 11.6 Å². The van der Waals surface area contributed by atoms with Crippen LogP contribution in [0.1, 0.15) is 24.3 Å². The topological polar surface area (TPSA) is 71.3 Å². The Kier molecular flexibility index (Phi) is 6.13. The van der Waals surface area contributed by atoms with Crippen molar-refractivity contribution in [3.05, 3.63) is 71.6 Å². The van der Waals surface area contributed by atoms with Gasteiger partial charge in [0, 0.05) is 18.7 Å². The van der Waals surface area contributed by atoms with Gasteiger partial charge in [-0.2, -0.15) is 4.98 Å². The molecule has 0 bridgehead atoms. The van der Waals surface area contributed by atoms with Gasteiger partial charge >= 0.3 is 0 Å². The maximum absolute atomic E-state index is 13.1. The van der Waals surface area contributed by atoms with E-state index < -0.39 is 0 Å². The highest BCUT2D eigenvalue weighted by molar-refractivity contribution is 5.78. The first-order chi connectivity index (χ1) is 14.6. The fourth-order valence-electron chi connectivity index (χ4n) is 3.58. The molecule has 8 heteroatoms. The van der Waals surface area contributed by atoms with Crippen LogP contribution in [0.3, 0.4) is 0 Å². The van der Waals surface area contributed by atoms with Crippen molar-refractivity contribution < 1.29 is 18.1 Å². The average Bonchev–Trinajstić information content (AvgIpc) is 3.22. The molecule has 1 unspecified atom stereocenters. The molecule has 0 spiro atoms. The van der Waals surface area contributed by atoms with E-state index in [9.17, 15) is 13.6 Å². The average molecular weight is 412 g/mol. The number of carbonyl (C=O) groups is 1. The standard InChI is InChI=1S/C22H22F2N4O2/c23-18-7-3-15(4-8-18)12-25-22(29)17-2-1-11-28(13-17)14-20-26-21(27-30-20)16-5-9-19(24)10-6-16/h3-10,17H,1-2,11-14H2,(H,25,29). The Morgan fingerprint density at radius 1 is 1.10 bits per heavy atom. The number of nitrogens with one attached hydrogen (secondary N) is 1. The van der Waals surface area contributed by atoms with Crippen LogP contribution >= 0.6 is 0 Å². The minimum Gasteiger partial charge on any atom is -0.352 e. The molecule has 0 radical (unpaired) electrons. The predicted octanol–water partition coefficient (Wildman–Crippen LogP) is 3.54. The van der Waals surface area contributed by atoms with Crippen molar-refractivity contribution in [1.29, 1.82) is 0 Å². The quantitative estimate of drug-likeness (QED) is 0.671. The van der Waals surface area contributed by atoms with Crippen molar-refractivity contribution in [2.24, 2.45) is 5.92 Å². The third-order valence-corrected chi connectivity index (χ3v) is 5.19. The van der Waals surface area contributed by atoms with Gasteiger partial charge in [-0.15, -0.1) is 0 Å². The summed E-state index contributed by atoms with van der Waals surface area (Å²) in [5.41, 5.74) is 1.54. The van der Waals surface area contributed by atoms with Crippen molar-refractivity contribution in [2.45, 2.75) is 25.9 Å². The van der Waals surface area contributed by atoms with Gasteiger partial charge in [-0.3, -0.25) is 9.69 Å². The largest absolute Gasteiger partial charge is 0.352 e. The number of rotatable bonds is 6. The van der Waals surface area contributed by atoms with Crippen LogP contribution in [0.5, 0.6) is 0 Å². The summed E-state index contributed by atoms with van der Waals surface area (Å²) in [6.45, 7) is 2.27. The maximum atomic E-state index is 13.1. The minimum atomic E-state index is -0.320. The molecule has 1 amide bonds. The number of piperidine rings is 1. The number of carbonyl (C=O) groups excluding carboxylic acids is 1. The van der Waals surface area contributed by atoms with Gasteiger partial charge in [0.2, 0.25) is 17.6 Å².